The van der Waals surface area contributed by atoms with Crippen molar-refractivity contribution >= 4 is 23.8 Å². The van der Waals surface area contributed by atoms with Crippen molar-refractivity contribution in [3.63, 3.8) is 0 Å². The topological polar surface area (TPSA) is 39.6 Å². The summed E-state index contributed by atoms with van der Waals surface area (Å²) in [4.78, 5) is 2.70. The van der Waals surface area contributed by atoms with E-state index in [0.717, 1.165) is 0 Å². The van der Waals surface area contributed by atoms with Crippen LogP contribution in [0.1, 0.15) is 5.56 Å². The fourth-order valence-corrected chi connectivity index (χ4v) is 0.869. The van der Waals surface area contributed by atoms with Crippen LogP contribution in [0.15, 0.2) is 12.4 Å². The highest BCUT2D eigenvalue weighted by Crippen LogP contribution is 2.11. The first-order chi connectivity index (χ1) is 4.75. The fourth-order valence-electron chi connectivity index (χ4n) is 0.541. The number of nitrogens with zero attached hydrogens (tertiary/aromatic N) is 1. The van der Waals surface area contributed by atoms with E-state index in [9.17, 15) is 0 Å². The van der Waals surface area contributed by atoms with Gasteiger partial charge in [-0.1, -0.05) is 23.8 Å². The molecule has 0 aliphatic carbocycles. The van der Waals surface area contributed by atoms with Gasteiger partial charge in [0.15, 0.2) is 0 Å². The molecular formula is C6H3ClN2S. The van der Waals surface area contributed by atoms with Crippen molar-refractivity contribution in [3.8, 4) is 6.07 Å². The number of pyridine rings is 1. The van der Waals surface area contributed by atoms with Crippen molar-refractivity contribution in [1.82, 2.24) is 4.98 Å². The summed E-state index contributed by atoms with van der Waals surface area (Å²) in [6.45, 7) is 0. The molecule has 4 heteroatoms. The van der Waals surface area contributed by atoms with Crippen LogP contribution in [-0.2, 0) is 0 Å². The Morgan fingerprint density at radius 2 is 2.30 bits per heavy atom. The molecule has 0 fully saturated rings. The minimum atomic E-state index is 0.405. The monoisotopic (exact) mass is 170 g/mol. The number of H-pyrrole nitrogens is 1. The lowest BCUT2D eigenvalue weighted by Crippen LogP contribution is -1.79. The number of nitrogens with one attached hydrogen (secondary N) is 1. The molecule has 2 nitrogen and oxygen atoms in total. The van der Waals surface area contributed by atoms with Gasteiger partial charge in [0.25, 0.3) is 0 Å². The van der Waals surface area contributed by atoms with Gasteiger partial charge in [-0.15, -0.1) is 0 Å². The molecule has 0 aromatic carbocycles. The van der Waals surface area contributed by atoms with E-state index in [1.54, 1.807) is 6.20 Å². The smallest absolute Gasteiger partial charge is 0.102 e. The van der Waals surface area contributed by atoms with Gasteiger partial charge in [0, 0.05) is 12.4 Å². The van der Waals surface area contributed by atoms with Crippen LogP contribution in [-0.4, -0.2) is 4.98 Å². The summed E-state index contributed by atoms with van der Waals surface area (Å²) in [5.41, 5.74) is 0.405. The summed E-state index contributed by atoms with van der Waals surface area (Å²) in [5.74, 6) is 0. The van der Waals surface area contributed by atoms with Gasteiger partial charge in [-0.3, -0.25) is 0 Å². The molecule has 1 aromatic heterocycles. The lowest BCUT2D eigenvalue weighted by molar-refractivity contribution is 1.29. The maximum atomic E-state index is 8.45. The van der Waals surface area contributed by atoms with Crippen molar-refractivity contribution in [2.75, 3.05) is 0 Å². The molecule has 10 heavy (non-hydrogen) atoms. The zero-order chi connectivity index (χ0) is 7.56. The Balaban J connectivity index is 3.47. The lowest BCUT2D eigenvalue weighted by atomic mass is 10.3. The predicted molar refractivity (Wildman–Crippen MR) is 41.4 cm³/mol. The summed E-state index contributed by atoms with van der Waals surface area (Å²) in [6.07, 6.45) is 3.07. The standard InChI is InChI=1S/C6H3ClN2S/c7-5-3-9-2-4(1-8)6(5)10/h2-3H,(H,9,10). The molecule has 1 heterocycles. The summed E-state index contributed by atoms with van der Waals surface area (Å²) in [5, 5.41) is 8.86. The number of aromatic amines is 1. The second-order valence-electron chi connectivity index (χ2n) is 1.66. The third kappa shape index (κ3) is 1.18. The Kier molecular flexibility index (Phi) is 2.05. The van der Waals surface area contributed by atoms with Crippen LogP contribution in [0.4, 0.5) is 0 Å². The van der Waals surface area contributed by atoms with Crippen molar-refractivity contribution in [2.45, 2.75) is 0 Å². The SMILES string of the molecule is N#Cc1c[nH]cc(Cl)c1=S. The van der Waals surface area contributed by atoms with Gasteiger partial charge >= 0.3 is 0 Å². The van der Waals surface area contributed by atoms with Gasteiger partial charge < -0.3 is 4.98 Å². The first kappa shape index (κ1) is 7.26. The molecule has 0 aliphatic rings. The first-order valence-electron chi connectivity index (χ1n) is 2.52. The Morgan fingerprint density at radius 3 is 2.80 bits per heavy atom. The van der Waals surface area contributed by atoms with Crippen molar-refractivity contribution in [2.24, 2.45) is 0 Å². The molecule has 0 radical (unpaired) electrons. The Hall–Kier alpha value is -0.850. The third-order valence-corrected chi connectivity index (χ3v) is 1.87. The van der Waals surface area contributed by atoms with E-state index in [-0.39, 0.29) is 0 Å². The van der Waals surface area contributed by atoms with Crippen LogP contribution >= 0.6 is 23.8 Å². The minimum absolute atomic E-state index is 0.405. The summed E-state index contributed by atoms with van der Waals surface area (Å²) in [7, 11) is 0. The number of halogens is 1. The van der Waals surface area contributed by atoms with Gasteiger partial charge in [-0.05, 0) is 0 Å². The van der Waals surface area contributed by atoms with Crippen molar-refractivity contribution in [3.05, 3.63) is 27.5 Å². The van der Waals surface area contributed by atoms with Gasteiger partial charge in [-0.2, -0.15) is 5.26 Å². The molecule has 0 saturated carbocycles. The first-order valence-corrected chi connectivity index (χ1v) is 3.31. The average molecular weight is 171 g/mol. The molecule has 1 aromatic rings. The molecule has 0 saturated heterocycles. The second kappa shape index (κ2) is 2.82. The average Bonchev–Trinajstić information content (AvgIpc) is 1.95. The van der Waals surface area contributed by atoms with Crippen molar-refractivity contribution in [1.29, 1.82) is 5.26 Å². The van der Waals surface area contributed by atoms with E-state index in [0.29, 0.717) is 15.1 Å². The largest absolute Gasteiger partial charge is 0.365 e. The molecule has 1 N–H and O–H groups in total. The highest BCUT2D eigenvalue weighted by Gasteiger charge is 1.95. The van der Waals surface area contributed by atoms with Crippen LogP contribution in [0.3, 0.4) is 0 Å². The summed E-state index contributed by atoms with van der Waals surface area (Å²) in [6, 6.07) is 1.92. The molecule has 0 atom stereocenters. The Bertz CT molecular complexity index is 336. The zero-order valence-electron chi connectivity index (χ0n) is 4.89. The fraction of sp³-hybridized carbons (Fsp3) is 0. The number of hydrogen-bond donors (Lipinski definition) is 1. The molecular weight excluding hydrogens is 168 g/mol. The minimum Gasteiger partial charge on any atom is -0.365 e. The number of nitriles is 1. The summed E-state index contributed by atoms with van der Waals surface area (Å²) >= 11 is 10.4. The summed E-state index contributed by atoms with van der Waals surface area (Å²) < 4.78 is 0.405. The molecule has 0 spiro atoms. The number of rotatable bonds is 0. The van der Waals surface area contributed by atoms with Crippen molar-refractivity contribution < 1.29 is 0 Å². The lowest BCUT2D eigenvalue weighted by Gasteiger charge is -1.89. The van der Waals surface area contributed by atoms with Crippen LogP contribution in [0.2, 0.25) is 5.02 Å². The molecule has 0 amide bonds. The van der Waals surface area contributed by atoms with Crippen LogP contribution in [0, 0.1) is 15.8 Å². The number of aromatic nitrogens is 1. The maximum Gasteiger partial charge on any atom is 0.102 e. The molecule has 0 aliphatic heterocycles. The van der Waals surface area contributed by atoms with Gasteiger partial charge in [0.05, 0.1) is 15.1 Å². The molecule has 1 rings (SSSR count). The van der Waals surface area contributed by atoms with E-state index in [1.165, 1.54) is 6.20 Å². The third-order valence-electron chi connectivity index (χ3n) is 1.02. The van der Waals surface area contributed by atoms with Gasteiger partial charge in [0.2, 0.25) is 0 Å². The van der Waals surface area contributed by atoms with Gasteiger partial charge in [-0.25, -0.2) is 0 Å². The Morgan fingerprint density at radius 1 is 1.60 bits per heavy atom. The van der Waals surface area contributed by atoms with E-state index in [1.807, 2.05) is 6.07 Å². The quantitative estimate of drug-likeness (QED) is 0.607. The molecule has 0 bridgehead atoms. The van der Waals surface area contributed by atoms with E-state index < -0.39 is 0 Å². The Labute approximate surface area is 68.1 Å². The molecule has 0 unspecified atom stereocenters. The highest BCUT2D eigenvalue weighted by atomic mass is 35.5. The highest BCUT2D eigenvalue weighted by molar-refractivity contribution is 7.71. The zero-order valence-corrected chi connectivity index (χ0v) is 6.46. The van der Waals surface area contributed by atoms with E-state index >= 15 is 0 Å². The second-order valence-corrected chi connectivity index (χ2v) is 2.47. The maximum absolute atomic E-state index is 8.45. The normalized spacial score (nSPS) is 8.80. The predicted octanol–water partition coefficient (Wildman–Crippen LogP) is 2.27. The van der Waals surface area contributed by atoms with E-state index in [2.05, 4.69) is 4.98 Å². The molecule has 50 valence electrons. The van der Waals surface area contributed by atoms with E-state index in [4.69, 9.17) is 29.1 Å². The van der Waals surface area contributed by atoms with Crippen LogP contribution < -0.4 is 0 Å². The van der Waals surface area contributed by atoms with Crippen LogP contribution in [0.5, 0.6) is 0 Å². The van der Waals surface area contributed by atoms with Gasteiger partial charge in [0.1, 0.15) is 6.07 Å². The number of hydrogen-bond acceptors (Lipinski definition) is 2. The van der Waals surface area contributed by atoms with Crippen LogP contribution in [0.25, 0.3) is 0 Å².